The van der Waals surface area contributed by atoms with Gasteiger partial charge < -0.3 is 14.5 Å². The zero-order valence-electron chi connectivity index (χ0n) is 19.1. The molecule has 0 aliphatic carbocycles. The lowest BCUT2D eigenvalue weighted by atomic mass is 10.2. The molecule has 0 spiro atoms. The van der Waals surface area contributed by atoms with Crippen LogP contribution in [0.1, 0.15) is 18.1 Å². The van der Waals surface area contributed by atoms with Gasteiger partial charge in [0, 0.05) is 26.7 Å². The number of thioether (sulfide) groups is 1. The van der Waals surface area contributed by atoms with E-state index in [1.54, 1.807) is 18.0 Å². The second-order valence-electron chi connectivity index (χ2n) is 8.14. The van der Waals surface area contributed by atoms with E-state index in [0.29, 0.717) is 24.9 Å². The smallest absolute Gasteiger partial charge is 0.235 e. The summed E-state index contributed by atoms with van der Waals surface area (Å²) in [5, 5.41) is 9.17. The highest BCUT2D eigenvalue weighted by molar-refractivity contribution is 8.00. The maximum absolute atomic E-state index is 13.5. The molecule has 1 aliphatic heterocycles. The van der Waals surface area contributed by atoms with Gasteiger partial charge in [-0.15, -0.1) is 10.2 Å². The number of nitrogens with zero attached hydrogens (tertiary/aromatic N) is 5. The number of morpholine rings is 1. The standard InChI is InChI=1S/C24H28FN5O2S/c1-17-7-9-21(10-8-17)30-23(29-11-13-32-14-12-29)26-27-24(30)33-18(2)22(31)28(3)16-19-5-4-6-20(25)15-19/h4-10,15,18H,11-14,16H2,1-3H3/t18-/m0/s1. The van der Waals surface area contributed by atoms with Crippen molar-refractivity contribution in [2.45, 2.75) is 30.8 Å². The molecular formula is C24H28FN5O2S. The summed E-state index contributed by atoms with van der Waals surface area (Å²) in [7, 11) is 1.73. The van der Waals surface area contributed by atoms with Gasteiger partial charge in [-0.25, -0.2) is 4.39 Å². The molecule has 174 valence electrons. The topological polar surface area (TPSA) is 63.5 Å². The minimum Gasteiger partial charge on any atom is -0.378 e. The molecule has 9 heteroatoms. The Kier molecular flexibility index (Phi) is 7.29. The van der Waals surface area contributed by atoms with E-state index < -0.39 is 5.25 Å². The van der Waals surface area contributed by atoms with Crippen LogP contribution in [-0.4, -0.2) is 64.2 Å². The Labute approximate surface area is 197 Å². The van der Waals surface area contributed by atoms with Crippen LogP contribution in [0.25, 0.3) is 5.69 Å². The SMILES string of the molecule is Cc1ccc(-n2c(S[C@@H](C)C(=O)N(C)Cc3cccc(F)c3)nnc2N2CCOCC2)cc1. The lowest BCUT2D eigenvalue weighted by molar-refractivity contribution is -0.129. The van der Waals surface area contributed by atoms with Crippen molar-refractivity contribution in [3.8, 4) is 5.69 Å². The Bertz CT molecular complexity index is 1100. The van der Waals surface area contributed by atoms with Crippen LogP contribution in [0.2, 0.25) is 0 Å². The summed E-state index contributed by atoms with van der Waals surface area (Å²) in [5.74, 6) is 0.380. The van der Waals surface area contributed by atoms with Crippen molar-refractivity contribution in [2.24, 2.45) is 0 Å². The van der Waals surface area contributed by atoms with Crippen molar-refractivity contribution in [1.29, 1.82) is 0 Å². The molecule has 0 radical (unpaired) electrons. The molecule has 1 aromatic heterocycles. The van der Waals surface area contributed by atoms with Crippen LogP contribution in [0.4, 0.5) is 10.3 Å². The average Bonchev–Trinajstić information content (AvgIpc) is 3.23. The van der Waals surface area contributed by atoms with Crippen molar-refractivity contribution < 1.29 is 13.9 Å². The fraction of sp³-hybridized carbons (Fsp3) is 0.375. The highest BCUT2D eigenvalue weighted by Gasteiger charge is 2.26. The van der Waals surface area contributed by atoms with Gasteiger partial charge in [0.2, 0.25) is 11.9 Å². The number of rotatable bonds is 7. The number of anilines is 1. The number of carbonyl (C=O) groups excluding carboxylic acids is 1. The van der Waals surface area contributed by atoms with Crippen LogP contribution in [0.15, 0.2) is 53.7 Å². The quantitative estimate of drug-likeness (QED) is 0.492. The molecule has 33 heavy (non-hydrogen) atoms. The molecule has 7 nitrogen and oxygen atoms in total. The Morgan fingerprint density at radius 2 is 1.91 bits per heavy atom. The van der Waals surface area contributed by atoms with Gasteiger partial charge in [-0.05, 0) is 43.7 Å². The fourth-order valence-corrected chi connectivity index (χ4v) is 4.71. The van der Waals surface area contributed by atoms with E-state index in [2.05, 4.69) is 15.1 Å². The van der Waals surface area contributed by atoms with Crippen molar-refractivity contribution in [2.75, 3.05) is 38.3 Å². The summed E-state index contributed by atoms with van der Waals surface area (Å²) < 4.78 is 21.0. The lowest BCUT2D eigenvalue weighted by Gasteiger charge is -2.28. The number of aromatic nitrogens is 3. The van der Waals surface area contributed by atoms with Gasteiger partial charge in [0.25, 0.3) is 0 Å². The summed E-state index contributed by atoms with van der Waals surface area (Å²) in [6.07, 6.45) is 0. The fourth-order valence-electron chi connectivity index (χ4n) is 3.73. The first-order chi connectivity index (χ1) is 15.9. The molecule has 1 fully saturated rings. The predicted molar refractivity (Wildman–Crippen MR) is 127 cm³/mol. The number of hydrogen-bond donors (Lipinski definition) is 0. The number of benzene rings is 2. The molecule has 0 unspecified atom stereocenters. The third kappa shape index (κ3) is 5.54. The lowest BCUT2D eigenvalue weighted by Crippen LogP contribution is -2.38. The highest BCUT2D eigenvalue weighted by atomic mass is 32.2. The van der Waals surface area contributed by atoms with Crippen LogP contribution in [0, 0.1) is 12.7 Å². The first-order valence-electron chi connectivity index (χ1n) is 10.9. The third-order valence-corrected chi connectivity index (χ3v) is 6.55. The van der Waals surface area contributed by atoms with Crippen molar-refractivity contribution >= 4 is 23.6 Å². The summed E-state index contributed by atoms with van der Waals surface area (Å²) >= 11 is 1.37. The number of aryl methyl sites for hydroxylation is 1. The van der Waals surface area contributed by atoms with E-state index in [-0.39, 0.29) is 11.7 Å². The molecule has 0 bridgehead atoms. The number of hydrogen-bond acceptors (Lipinski definition) is 6. The van der Waals surface area contributed by atoms with Gasteiger partial charge in [-0.1, -0.05) is 41.6 Å². The maximum atomic E-state index is 13.5. The van der Waals surface area contributed by atoms with Crippen LogP contribution < -0.4 is 4.90 Å². The average molecular weight is 470 g/mol. The van der Waals surface area contributed by atoms with Gasteiger partial charge in [0.15, 0.2) is 5.16 Å². The molecule has 1 aliphatic rings. The molecule has 2 aromatic carbocycles. The molecule has 1 atom stereocenters. The summed E-state index contributed by atoms with van der Waals surface area (Å²) in [6, 6.07) is 14.5. The molecule has 0 N–H and O–H groups in total. The van der Waals surface area contributed by atoms with Gasteiger partial charge in [-0.3, -0.25) is 9.36 Å². The number of carbonyl (C=O) groups is 1. The van der Waals surface area contributed by atoms with Crippen molar-refractivity contribution in [1.82, 2.24) is 19.7 Å². The van der Waals surface area contributed by atoms with Crippen LogP contribution in [-0.2, 0) is 16.1 Å². The van der Waals surface area contributed by atoms with E-state index in [1.807, 2.05) is 48.7 Å². The Balaban J connectivity index is 1.55. The first-order valence-corrected chi connectivity index (χ1v) is 11.8. The molecule has 1 saturated heterocycles. The largest absolute Gasteiger partial charge is 0.378 e. The summed E-state index contributed by atoms with van der Waals surface area (Å²) in [5.41, 5.74) is 2.86. The van der Waals surface area contributed by atoms with Crippen LogP contribution >= 0.6 is 11.8 Å². The minimum atomic E-state index is -0.394. The highest BCUT2D eigenvalue weighted by Crippen LogP contribution is 2.30. The zero-order chi connectivity index (χ0) is 23.4. The molecule has 1 amide bonds. The van der Waals surface area contributed by atoms with E-state index in [0.717, 1.165) is 35.9 Å². The molecular weight excluding hydrogens is 441 g/mol. The number of ether oxygens (including phenoxy) is 1. The molecule has 2 heterocycles. The second-order valence-corrected chi connectivity index (χ2v) is 9.45. The minimum absolute atomic E-state index is 0.0596. The van der Waals surface area contributed by atoms with Gasteiger partial charge in [-0.2, -0.15) is 0 Å². The predicted octanol–water partition coefficient (Wildman–Crippen LogP) is 3.69. The van der Waals surface area contributed by atoms with E-state index in [4.69, 9.17) is 4.74 Å². The molecule has 3 aromatic rings. The van der Waals surface area contributed by atoms with Gasteiger partial charge in [0.05, 0.1) is 24.2 Å². The van der Waals surface area contributed by atoms with Crippen molar-refractivity contribution in [3.05, 3.63) is 65.5 Å². The normalized spacial score (nSPS) is 14.8. The first kappa shape index (κ1) is 23.3. The summed E-state index contributed by atoms with van der Waals surface area (Å²) in [6.45, 7) is 7.00. The monoisotopic (exact) mass is 469 g/mol. The number of amides is 1. The van der Waals surface area contributed by atoms with Gasteiger partial charge in [0.1, 0.15) is 5.82 Å². The summed E-state index contributed by atoms with van der Waals surface area (Å²) in [4.78, 5) is 16.8. The number of halogens is 1. The maximum Gasteiger partial charge on any atom is 0.235 e. The van der Waals surface area contributed by atoms with E-state index in [9.17, 15) is 9.18 Å². The van der Waals surface area contributed by atoms with E-state index >= 15 is 0 Å². The van der Waals surface area contributed by atoms with Crippen LogP contribution in [0.5, 0.6) is 0 Å². The van der Waals surface area contributed by atoms with Crippen molar-refractivity contribution in [3.63, 3.8) is 0 Å². The Morgan fingerprint density at radius 3 is 2.61 bits per heavy atom. The third-order valence-electron chi connectivity index (χ3n) is 5.52. The Morgan fingerprint density at radius 1 is 1.18 bits per heavy atom. The van der Waals surface area contributed by atoms with E-state index in [1.165, 1.54) is 23.9 Å². The molecule has 4 rings (SSSR count). The van der Waals surface area contributed by atoms with Gasteiger partial charge >= 0.3 is 0 Å². The Hall–Kier alpha value is -2.91. The van der Waals surface area contributed by atoms with Crippen LogP contribution in [0.3, 0.4) is 0 Å². The molecule has 0 saturated carbocycles. The zero-order valence-corrected chi connectivity index (χ0v) is 19.9. The second kappa shape index (κ2) is 10.4.